The first-order valence-corrected chi connectivity index (χ1v) is 9.44. The minimum Gasteiger partial charge on any atom is -0.322 e. The van der Waals surface area contributed by atoms with Crippen LogP contribution in [0.25, 0.3) is 0 Å². The van der Waals surface area contributed by atoms with Crippen molar-refractivity contribution >= 4 is 33.1 Å². The summed E-state index contributed by atoms with van der Waals surface area (Å²) in [6.45, 7) is 0. The fourth-order valence-corrected chi connectivity index (χ4v) is 3.37. The minimum absolute atomic E-state index is 0.0261. The van der Waals surface area contributed by atoms with Crippen LogP contribution in [0.5, 0.6) is 0 Å². The van der Waals surface area contributed by atoms with Crippen LogP contribution in [0.4, 0.5) is 17.2 Å². The van der Waals surface area contributed by atoms with E-state index < -0.39 is 20.9 Å². The number of anilines is 2. The maximum absolute atomic E-state index is 12.4. The number of carbonyl (C=O) groups is 1. The van der Waals surface area contributed by atoms with Gasteiger partial charge < -0.3 is 5.32 Å². The Hall–Kier alpha value is -3.79. The standard InChI is InChI=1S/C18H14N4O5S/c23-18(15-5-1-2-6-16(15)22(24)25)20-13-8-10-14(11-9-13)28(26,27)21-17-7-3-4-12-19-17/h1-12H,(H,19,21)(H,20,23). The molecule has 0 spiro atoms. The van der Waals surface area contributed by atoms with Crippen molar-refractivity contribution in [3.05, 3.63) is 88.6 Å². The molecule has 0 atom stereocenters. The van der Waals surface area contributed by atoms with E-state index in [9.17, 15) is 23.3 Å². The number of hydrogen-bond acceptors (Lipinski definition) is 6. The van der Waals surface area contributed by atoms with Gasteiger partial charge in [0.1, 0.15) is 11.4 Å². The van der Waals surface area contributed by atoms with Crippen LogP contribution >= 0.6 is 0 Å². The molecule has 1 aromatic heterocycles. The van der Waals surface area contributed by atoms with Crippen LogP contribution < -0.4 is 10.0 Å². The summed E-state index contributed by atoms with van der Waals surface area (Å²) in [5.41, 5.74) is -0.125. The highest BCUT2D eigenvalue weighted by Crippen LogP contribution is 2.21. The molecule has 0 radical (unpaired) electrons. The second-order valence-corrected chi connectivity index (χ2v) is 7.26. The van der Waals surface area contributed by atoms with Crippen LogP contribution in [0, 0.1) is 10.1 Å². The van der Waals surface area contributed by atoms with E-state index in [4.69, 9.17) is 0 Å². The van der Waals surface area contributed by atoms with Gasteiger partial charge in [-0.25, -0.2) is 13.4 Å². The summed E-state index contributed by atoms with van der Waals surface area (Å²) in [7, 11) is -3.84. The number of rotatable bonds is 6. The van der Waals surface area contributed by atoms with Gasteiger partial charge >= 0.3 is 0 Å². The lowest BCUT2D eigenvalue weighted by molar-refractivity contribution is -0.385. The number of sulfonamides is 1. The van der Waals surface area contributed by atoms with Crippen molar-refractivity contribution < 1.29 is 18.1 Å². The number of aromatic nitrogens is 1. The summed E-state index contributed by atoms with van der Waals surface area (Å²) in [4.78, 5) is 26.6. The lowest BCUT2D eigenvalue weighted by Gasteiger charge is -2.09. The Labute approximate surface area is 160 Å². The molecule has 9 nitrogen and oxygen atoms in total. The van der Waals surface area contributed by atoms with Crippen molar-refractivity contribution in [1.82, 2.24) is 4.98 Å². The van der Waals surface area contributed by atoms with Crippen molar-refractivity contribution in [3.8, 4) is 0 Å². The van der Waals surface area contributed by atoms with Gasteiger partial charge in [0, 0.05) is 18.0 Å². The number of nitrogens with zero attached hydrogens (tertiary/aromatic N) is 2. The quantitative estimate of drug-likeness (QED) is 0.485. The molecule has 0 aliphatic carbocycles. The second kappa shape index (κ2) is 7.84. The summed E-state index contributed by atoms with van der Waals surface area (Å²) < 4.78 is 27.1. The maximum atomic E-state index is 12.4. The molecular weight excluding hydrogens is 384 g/mol. The molecule has 1 amide bonds. The Morgan fingerprint density at radius 1 is 0.964 bits per heavy atom. The third-order valence-electron chi connectivity index (χ3n) is 3.67. The number of nitro groups is 1. The Balaban J connectivity index is 1.76. The van der Waals surface area contributed by atoms with Gasteiger partial charge in [-0.3, -0.25) is 19.6 Å². The van der Waals surface area contributed by atoms with Gasteiger partial charge in [-0.05, 0) is 42.5 Å². The monoisotopic (exact) mass is 398 g/mol. The molecule has 0 aliphatic rings. The third kappa shape index (κ3) is 4.30. The lowest BCUT2D eigenvalue weighted by atomic mass is 10.1. The van der Waals surface area contributed by atoms with Crippen molar-refractivity contribution in [2.24, 2.45) is 0 Å². The zero-order chi connectivity index (χ0) is 20.1. The third-order valence-corrected chi connectivity index (χ3v) is 5.04. The number of nitrogens with one attached hydrogen (secondary N) is 2. The predicted octanol–water partition coefficient (Wildman–Crippen LogP) is 3.04. The van der Waals surface area contributed by atoms with Gasteiger partial charge in [0.2, 0.25) is 0 Å². The average molecular weight is 398 g/mol. The molecule has 2 aromatic carbocycles. The number of carbonyl (C=O) groups excluding carboxylic acids is 1. The molecule has 28 heavy (non-hydrogen) atoms. The zero-order valence-electron chi connectivity index (χ0n) is 14.3. The van der Waals surface area contributed by atoms with Gasteiger partial charge in [-0.1, -0.05) is 18.2 Å². The Bertz CT molecular complexity index is 1120. The summed E-state index contributed by atoms with van der Waals surface area (Å²) in [6.07, 6.45) is 1.46. The highest BCUT2D eigenvalue weighted by Gasteiger charge is 2.20. The van der Waals surface area contributed by atoms with Crippen LogP contribution in [-0.4, -0.2) is 24.2 Å². The largest absolute Gasteiger partial charge is 0.322 e. The van der Waals surface area contributed by atoms with E-state index in [0.717, 1.165) is 0 Å². The molecule has 0 aliphatic heterocycles. The van der Waals surface area contributed by atoms with E-state index in [1.54, 1.807) is 12.1 Å². The van der Waals surface area contributed by atoms with Gasteiger partial charge in [0.05, 0.1) is 9.82 Å². The molecule has 0 bridgehead atoms. The summed E-state index contributed by atoms with van der Waals surface area (Å²) in [5.74, 6) is -0.495. The van der Waals surface area contributed by atoms with Gasteiger partial charge in [-0.2, -0.15) is 0 Å². The van der Waals surface area contributed by atoms with Crippen molar-refractivity contribution in [1.29, 1.82) is 0 Å². The van der Waals surface area contributed by atoms with E-state index in [0.29, 0.717) is 5.69 Å². The Morgan fingerprint density at radius 2 is 1.64 bits per heavy atom. The minimum atomic E-state index is -3.84. The first-order chi connectivity index (χ1) is 13.4. The molecule has 0 fully saturated rings. The smallest absolute Gasteiger partial charge is 0.282 e. The normalized spacial score (nSPS) is 10.9. The molecule has 0 saturated carbocycles. The van der Waals surface area contributed by atoms with Gasteiger partial charge in [0.15, 0.2) is 0 Å². The van der Waals surface area contributed by atoms with Crippen LogP contribution in [0.2, 0.25) is 0 Å². The summed E-state index contributed by atoms with van der Waals surface area (Å²) in [6, 6.07) is 15.7. The fourth-order valence-electron chi connectivity index (χ4n) is 2.36. The van der Waals surface area contributed by atoms with Gasteiger partial charge in [-0.15, -0.1) is 0 Å². The Morgan fingerprint density at radius 3 is 2.29 bits per heavy atom. The molecule has 0 saturated heterocycles. The second-order valence-electron chi connectivity index (χ2n) is 5.57. The van der Waals surface area contributed by atoms with E-state index in [2.05, 4.69) is 15.0 Å². The highest BCUT2D eigenvalue weighted by atomic mass is 32.2. The fraction of sp³-hybridized carbons (Fsp3) is 0. The number of pyridine rings is 1. The van der Waals surface area contributed by atoms with Crippen molar-refractivity contribution in [3.63, 3.8) is 0 Å². The van der Waals surface area contributed by atoms with E-state index in [-0.39, 0.29) is 22.0 Å². The van der Waals surface area contributed by atoms with Crippen LogP contribution in [0.15, 0.2) is 77.8 Å². The zero-order valence-corrected chi connectivity index (χ0v) is 15.1. The average Bonchev–Trinajstić information content (AvgIpc) is 2.69. The lowest BCUT2D eigenvalue weighted by Crippen LogP contribution is -2.15. The SMILES string of the molecule is O=C(Nc1ccc(S(=O)(=O)Nc2ccccn2)cc1)c1ccccc1[N+](=O)[O-]. The van der Waals surface area contributed by atoms with E-state index >= 15 is 0 Å². The van der Waals surface area contributed by atoms with Crippen molar-refractivity contribution in [2.75, 3.05) is 10.0 Å². The van der Waals surface area contributed by atoms with E-state index in [1.807, 2.05) is 0 Å². The molecule has 1 heterocycles. The molecular formula is C18H14N4O5S. The molecule has 3 rings (SSSR count). The molecule has 0 unspecified atom stereocenters. The Kier molecular flexibility index (Phi) is 5.32. The maximum Gasteiger partial charge on any atom is 0.282 e. The molecule has 10 heteroatoms. The van der Waals surface area contributed by atoms with Crippen LogP contribution in [0.1, 0.15) is 10.4 Å². The molecule has 142 valence electrons. The number of benzene rings is 2. The number of amides is 1. The topological polar surface area (TPSA) is 131 Å². The highest BCUT2D eigenvalue weighted by molar-refractivity contribution is 7.92. The van der Waals surface area contributed by atoms with Crippen LogP contribution in [-0.2, 0) is 10.0 Å². The molecule has 2 N–H and O–H groups in total. The van der Waals surface area contributed by atoms with Crippen LogP contribution in [0.3, 0.4) is 0 Å². The first-order valence-electron chi connectivity index (χ1n) is 7.95. The van der Waals surface area contributed by atoms with E-state index in [1.165, 1.54) is 60.8 Å². The summed E-state index contributed by atoms with van der Waals surface area (Å²) in [5, 5.41) is 13.5. The number of para-hydroxylation sites is 1. The van der Waals surface area contributed by atoms with Crippen molar-refractivity contribution in [2.45, 2.75) is 4.90 Å². The molecule has 3 aromatic rings. The number of nitro benzene ring substituents is 1. The van der Waals surface area contributed by atoms with Gasteiger partial charge in [0.25, 0.3) is 21.6 Å². The number of hydrogen-bond donors (Lipinski definition) is 2. The first kappa shape index (κ1) is 19.0. The summed E-state index contributed by atoms with van der Waals surface area (Å²) >= 11 is 0. The predicted molar refractivity (Wildman–Crippen MR) is 103 cm³/mol.